The number of hydrogen-bond acceptors (Lipinski definition) is 3. The molecule has 0 aliphatic heterocycles. The van der Waals surface area contributed by atoms with E-state index >= 15 is 0 Å². The summed E-state index contributed by atoms with van der Waals surface area (Å²) in [5.74, 6) is 0. The third-order valence-corrected chi connectivity index (χ3v) is 2.51. The highest BCUT2D eigenvalue weighted by Crippen LogP contribution is 2.22. The minimum atomic E-state index is 0.661. The Bertz CT molecular complexity index is 270. The molecule has 0 unspecified atom stereocenters. The lowest BCUT2D eigenvalue weighted by Gasteiger charge is -1.91. The lowest BCUT2D eigenvalue weighted by atomic mass is 10.2. The van der Waals surface area contributed by atoms with Crippen molar-refractivity contribution in [2.75, 3.05) is 5.32 Å². The molecule has 66 valence electrons. The Labute approximate surface area is 75.8 Å². The summed E-state index contributed by atoms with van der Waals surface area (Å²) in [5, 5.41) is 3.25. The first kappa shape index (κ1) is 9.19. The van der Waals surface area contributed by atoms with Crippen LogP contribution in [0.5, 0.6) is 0 Å². The van der Waals surface area contributed by atoms with E-state index in [1.54, 1.807) is 0 Å². The van der Waals surface area contributed by atoms with Crippen molar-refractivity contribution >= 4 is 22.9 Å². The number of aromatic nitrogens is 1. The summed E-state index contributed by atoms with van der Waals surface area (Å²) in [6.45, 7) is 4.14. The van der Waals surface area contributed by atoms with Gasteiger partial charge in [-0.2, -0.15) is 0 Å². The van der Waals surface area contributed by atoms with E-state index in [4.69, 9.17) is 0 Å². The summed E-state index contributed by atoms with van der Waals surface area (Å²) >= 11 is 1.53. The standard InChI is InChI=1S/C8H12N2OS/c1-3-4-7-6(2)12-8(10-7)9-5-11/h5H,3-4H2,1-2H3,(H,9,10,11). The zero-order valence-electron chi connectivity index (χ0n) is 7.26. The number of rotatable bonds is 4. The molecule has 0 saturated carbocycles. The van der Waals surface area contributed by atoms with Crippen LogP contribution in [0.15, 0.2) is 0 Å². The summed E-state index contributed by atoms with van der Waals surface area (Å²) < 4.78 is 0. The van der Waals surface area contributed by atoms with Crippen molar-refractivity contribution in [2.24, 2.45) is 0 Å². The molecule has 0 aromatic carbocycles. The van der Waals surface area contributed by atoms with Crippen molar-refractivity contribution in [1.82, 2.24) is 4.98 Å². The van der Waals surface area contributed by atoms with Gasteiger partial charge in [0.05, 0.1) is 5.69 Å². The van der Waals surface area contributed by atoms with Crippen LogP contribution in [0.3, 0.4) is 0 Å². The van der Waals surface area contributed by atoms with Gasteiger partial charge >= 0.3 is 0 Å². The minimum Gasteiger partial charge on any atom is -0.305 e. The number of thiazole rings is 1. The lowest BCUT2D eigenvalue weighted by molar-refractivity contribution is -0.105. The van der Waals surface area contributed by atoms with Crippen molar-refractivity contribution < 1.29 is 4.79 Å². The molecule has 0 bridgehead atoms. The molecule has 1 amide bonds. The predicted octanol–water partition coefficient (Wildman–Crippen LogP) is 1.97. The first-order valence-electron chi connectivity index (χ1n) is 3.94. The number of hydrogen-bond donors (Lipinski definition) is 1. The van der Waals surface area contributed by atoms with Gasteiger partial charge in [0, 0.05) is 4.88 Å². The molecule has 1 rings (SSSR count). The van der Waals surface area contributed by atoms with Crippen LogP contribution in [-0.2, 0) is 11.2 Å². The van der Waals surface area contributed by atoms with Gasteiger partial charge in [-0.25, -0.2) is 4.98 Å². The van der Waals surface area contributed by atoms with Gasteiger partial charge in [0.15, 0.2) is 5.13 Å². The maximum absolute atomic E-state index is 10.1. The second-order valence-corrected chi connectivity index (χ2v) is 3.74. The van der Waals surface area contributed by atoms with Crippen LogP contribution in [0, 0.1) is 6.92 Å². The van der Waals surface area contributed by atoms with Gasteiger partial charge in [-0.15, -0.1) is 11.3 Å². The fourth-order valence-electron chi connectivity index (χ4n) is 1.01. The molecular weight excluding hydrogens is 172 g/mol. The summed E-state index contributed by atoms with van der Waals surface area (Å²) in [5.41, 5.74) is 1.10. The van der Waals surface area contributed by atoms with Gasteiger partial charge in [0.25, 0.3) is 0 Å². The number of carbonyl (C=O) groups excluding carboxylic acids is 1. The largest absolute Gasteiger partial charge is 0.305 e. The van der Waals surface area contributed by atoms with Crippen molar-refractivity contribution in [3.8, 4) is 0 Å². The highest BCUT2D eigenvalue weighted by molar-refractivity contribution is 7.15. The van der Waals surface area contributed by atoms with Crippen LogP contribution in [0.1, 0.15) is 23.9 Å². The number of carbonyl (C=O) groups is 1. The summed E-state index contributed by atoms with van der Waals surface area (Å²) in [7, 11) is 0. The molecule has 0 aliphatic rings. The van der Waals surface area contributed by atoms with Crippen LogP contribution in [-0.4, -0.2) is 11.4 Å². The van der Waals surface area contributed by atoms with E-state index in [9.17, 15) is 4.79 Å². The van der Waals surface area contributed by atoms with Gasteiger partial charge < -0.3 is 5.32 Å². The fourth-order valence-corrected chi connectivity index (χ4v) is 1.83. The van der Waals surface area contributed by atoms with E-state index in [1.165, 1.54) is 16.2 Å². The zero-order chi connectivity index (χ0) is 8.97. The highest BCUT2D eigenvalue weighted by atomic mass is 32.1. The molecule has 0 fully saturated rings. The molecular formula is C8H12N2OS. The van der Waals surface area contributed by atoms with E-state index < -0.39 is 0 Å². The smallest absolute Gasteiger partial charge is 0.213 e. The molecule has 3 nitrogen and oxygen atoms in total. The maximum atomic E-state index is 10.1. The number of amides is 1. The van der Waals surface area contributed by atoms with E-state index in [2.05, 4.69) is 17.2 Å². The first-order chi connectivity index (χ1) is 5.77. The first-order valence-corrected chi connectivity index (χ1v) is 4.76. The van der Waals surface area contributed by atoms with Crippen molar-refractivity contribution in [1.29, 1.82) is 0 Å². The van der Waals surface area contributed by atoms with Gasteiger partial charge in [-0.1, -0.05) is 13.3 Å². The highest BCUT2D eigenvalue weighted by Gasteiger charge is 2.04. The Hall–Kier alpha value is -0.900. The lowest BCUT2D eigenvalue weighted by Crippen LogP contribution is -1.93. The molecule has 1 aromatic heterocycles. The molecule has 4 heteroatoms. The second-order valence-electron chi connectivity index (χ2n) is 2.53. The van der Waals surface area contributed by atoms with E-state index in [1.807, 2.05) is 6.92 Å². The normalized spacial score (nSPS) is 9.83. The topological polar surface area (TPSA) is 42.0 Å². The average molecular weight is 184 g/mol. The number of aryl methyl sites for hydroxylation is 2. The van der Waals surface area contributed by atoms with Crippen LogP contribution < -0.4 is 5.32 Å². The SMILES string of the molecule is CCCc1nc(NC=O)sc1C. The summed E-state index contributed by atoms with van der Waals surface area (Å²) in [6, 6.07) is 0. The van der Waals surface area contributed by atoms with E-state index in [0.717, 1.165) is 18.5 Å². The third kappa shape index (κ3) is 2.04. The molecule has 1 heterocycles. The van der Waals surface area contributed by atoms with Crippen LogP contribution in [0.4, 0.5) is 5.13 Å². The molecule has 0 spiro atoms. The maximum Gasteiger partial charge on any atom is 0.213 e. The van der Waals surface area contributed by atoms with Crippen molar-refractivity contribution in [3.05, 3.63) is 10.6 Å². The average Bonchev–Trinajstić information content (AvgIpc) is 2.34. The number of anilines is 1. The molecule has 0 atom stereocenters. The Morgan fingerprint density at radius 1 is 1.67 bits per heavy atom. The monoisotopic (exact) mass is 184 g/mol. The van der Waals surface area contributed by atoms with Crippen LogP contribution in [0.2, 0.25) is 0 Å². The van der Waals surface area contributed by atoms with Crippen molar-refractivity contribution in [2.45, 2.75) is 26.7 Å². The van der Waals surface area contributed by atoms with Gasteiger partial charge in [0.1, 0.15) is 0 Å². The summed E-state index contributed by atoms with van der Waals surface area (Å²) in [4.78, 5) is 15.6. The Morgan fingerprint density at radius 2 is 2.42 bits per heavy atom. The zero-order valence-corrected chi connectivity index (χ0v) is 8.07. The molecule has 1 N–H and O–H groups in total. The minimum absolute atomic E-state index is 0.661. The van der Waals surface area contributed by atoms with Gasteiger partial charge in [-0.05, 0) is 13.3 Å². The Kier molecular flexibility index (Phi) is 3.22. The fraction of sp³-hybridized carbons (Fsp3) is 0.500. The van der Waals surface area contributed by atoms with Crippen LogP contribution >= 0.6 is 11.3 Å². The molecule has 0 saturated heterocycles. The number of nitrogens with one attached hydrogen (secondary N) is 1. The Balaban J connectivity index is 2.77. The van der Waals surface area contributed by atoms with Crippen LogP contribution in [0.25, 0.3) is 0 Å². The summed E-state index contributed by atoms with van der Waals surface area (Å²) in [6.07, 6.45) is 2.74. The molecule has 12 heavy (non-hydrogen) atoms. The third-order valence-electron chi connectivity index (χ3n) is 1.56. The second kappa shape index (κ2) is 4.21. The van der Waals surface area contributed by atoms with E-state index in [-0.39, 0.29) is 0 Å². The van der Waals surface area contributed by atoms with Gasteiger partial charge in [0.2, 0.25) is 6.41 Å². The Morgan fingerprint density at radius 3 is 3.00 bits per heavy atom. The molecule has 1 aromatic rings. The molecule has 0 aliphatic carbocycles. The van der Waals surface area contributed by atoms with E-state index in [0.29, 0.717) is 11.5 Å². The quantitative estimate of drug-likeness (QED) is 0.727. The molecule has 0 radical (unpaired) electrons. The predicted molar refractivity (Wildman–Crippen MR) is 50.5 cm³/mol. The van der Waals surface area contributed by atoms with Crippen molar-refractivity contribution in [3.63, 3.8) is 0 Å². The number of nitrogens with zero attached hydrogens (tertiary/aromatic N) is 1. The van der Waals surface area contributed by atoms with Gasteiger partial charge in [-0.3, -0.25) is 4.79 Å².